The van der Waals surface area contributed by atoms with Gasteiger partial charge in [-0.1, -0.05) is 16.8 Å². The number of carbonyl (C=O) groups is 1. The number of phenolic OH excluding ortho intramolecular Hbond substituents is 1. The minimum atomic E-state index is -0.624. The number of H-pyrrole nitrogens is 1. The molecule has 0 spiro atoms. The maximum atomic E-state index is 12.0. The number of nitrogens with two attached hydrogens (primary N) is 1. The lowest BCUT2D eigenvalue weighted by atomic mass is 10.2. The maximum absolute atomic E-state index is 12.0. The van der Waals surface area contributed by atoms with Crippen LogP contribution in [0.3, 0.4) is 0 Å². The Bertz CT molecular complexity index is 682. The molecule has 1 aromatic heterocycles. The molecule has 8 nitrogen and oxygen atoms in total. The van der Waals surface area contributed by atoms with E-state index in [2.05, 4.69) is 20.7 Å². The summed E-state index contributed by atoms with van der Waals surface area (Å²) in [6.07, 6.45) is 1.28. The number of nitrogens with one attached hydrogen (secondary N) is 2. The Morgan fingerprint density at radius 2 is 2.20 bits per heavy atom. The SMILES string of the molecule is NC(=NO)c1cn[nH]c1NC(=O)c1cc(Cl)ccc1O. The Hall–Kier alpha value is -2.74. The average Bonchev–Trinajstić information content (AvgIpc) is 2.88. The van der Waals surface area contributed by atoms with Crippen LogP contribution in [0.1, 0.15) is 15.9 Å². The van der Waals surface area contributed by atoms with Crippen molar-refractivity contribution in [1.29, 1.82) is 0 Å². The number of benzene rings is 1. The molecule has 0 aliphatic carbocycles. The Morgan fingerprint density at radius 3 is 2.90 bits per heavy atom. The third-order valence-corrected chi connectivity index (χ3v) is 2.70. The van der Waals surface area contributed by atoms with Crippen molar-refractivity contribution >= 4 is 29.2 Å². The highest BCUT2D eigenvalue weighted by molar-refractivity contribution is 6.31. The van der Waals surface area contributed by atoms with Crippen LogP contribution in [-0.2, 0) is 0 Å². The zero-order valence-electron chi connectivity index (χ0n) is 9.96. The monoisotopic (exact) mass is 295 g/mol. The van der Waals surface area contributed by atoms with Crippen LogP contribution >= 0.6 is 11.6 Å². The van der Waals surface area contributed by atoms with Crippen molar-refractivity contribution in [3.8, 4) is 5.75 Å². The van der Waals surface area contributed by atoms with Gasteiger partial charge in [0.1, 0.15) is 11.6 Å². The van der Waals surface area contributed by atoms with Crippen LogP contribution in [0.15, 0.2) is 29.6 Å². The normalized spacial score (nSPS) is 11.3. The summed E-state index contributed by atoms with van der Waals surface area (Å²) < 4.78 is 0. The van der Waals surface area contributed by atoms with Gasteiger partial charge in [-0.3, -0.25) is 9.89 Å². The number of hydrogen-bond donors (Lipinski definition) is 5. The fourth-order valence-electron chi connectivity index (χ4n) is 1.50. The molecule has 9 heteroatoms. The molecule has 0 atom stereocenters. The zero-order valence-corrected chi connectivity index (χ0v) is 10.7. The molecule has 2 aromatic rings. The van der Waals surface area contributed by atoms with Crippen LogP contribution in [-0.4, -0.2) is 32.3 Å². The molecule has 0 aliphatic rings. The number of halogens is 1. The Labute approximate surface area is 117 Å². The number of aromatic amines is 1. The summed E-state index contributed by atoms with van der Waals surface area (Å²) in [5, 5.41) is 30.0. The molecule has 0 fully saturated rings. The molecule has 0 radical (unpaired) electrons. The number of aromatic hydroxyl groups is 1. The molecule has 1 amide bonds. The molecule has 6 N–H and O–H groups in total. The summed E-state index contributed by atoms with van der Waals surface area (Å²) in [4.78, 5) is 12.0. The summed E-state index contributed by atoms with van der Waals surface area (Å²) in [6.45, 7) is 0. The topological polar surface area (TPSA) is 137 Å². The van der Waals surface area contributed by atoms with Gasteiger partial charge in [0.05, 0.1) is 17.3 Å². The molecule has 1 heterocycles. The molecule has 0 saturated heterocycles. The molecule has 0 bridgehead atoms. The van der Waals surface area contributed by atoms with Gasteiger partial charge in [-0.15, -0.1) is 0 Å². The largest absolute Gasteiger partial charge is 0.507 e. The summed E-state index contributed by atoms with van der Waals surface area (Å²) in [6, 6.07) is 4.06. The number of amides is 1. The number of phenols is 1. The number of nitrogens with zero attached hydrogens (tertiary/aromatic N) is 2. The lowest BCUT2D eigenvalue weighted by molar-refractivity contribution is 0.102. The van der Waals surface area contributed by atoms with Gasteiger partial charge >= 0.3 is 0 Å². The van der Waals surface area contributed by atoms with Crippen molar-refractivity contribution in [1.82, 2.24) is 10.2 Å². The van der Waals surface area contributed by atoms with E-state index in [-0.39, 0.29) is 28.5 Å². The number of carbonyl (C=O) groups excluding carboxylic acids is 1. The molecule has 0 aliphatic heterocycles. The van der Waals surface area contributed by atoms with E-state index in [1.165, 1.54) is 24.4 Å². The number of hydrogen-bond acceptors (Lipinski definition) is 5. The van der Waals surface area contributed by atoms with Crippen molar-refractivity contribution in [2.75, 3.05) is 5.32 Å². The fraction of sp³-hybridized carbons (Fsp3) is 0. The van der Waals surface area contributed by atoms with Gasteiger partial charge in [0, 0.05) is 5.02 Å². The predicted molar refractivity (Wildman–Crippen MR) is 72.2 cm³/mol. The predicted octanol–water partition coefficient (Wildman–Crippen LogP) is 1.12. The quantitative estimate of drug-likeness (QED) is 0.250. The lowest BCUT2D eigenvalue weighted by Crippen LogP contribution is -2.18. The van der Waals surface area contributed by atoms with Crippen molar-refractivity contribution < 1.29 is 15.1 Å². The van der Waals surface area contributed by atoms with Crippen molar-refractivity contribution in [3.63, 3.8) is 0 Å². The van der Waals surface area contributed by atoms with E-state index in [4.69, 9.17) is 22.5 Å². The van der Waals surface area contributed by atoms with Gasteiger partial charge in [0.15, 0.2) is 5.84 Å². The molecule has 2 rings (SSSR count). The highest BCUT2D eigenvalue weighted by atomic mass is 35.5. The van der Waals surface area contributed by atoms with E-state index in [0.717, 1.165) is 0 Å². The summed E-state index contributed by atoms with van der Waals surface area (Å²) in [5.41, 5.74) is 5.62. The second-order valence-electron chi connectivity index (χ2n) is 3.76. The van der Waals surface area contributed by atoms with E-state index >= 15 is 0 Å². The van der Waals surface area contributed by atoms with Crippen LogP contribution in [0.5, 0.6) is 5.75 Å². The van der Waals surface area contributed by atoms with Crippen LogP contribution < -0.4 is 11.1 Å². The van der Waals surface area contributed by atoms with E-state index in [9.17, 15) is 9.90 Å². The summed E-state index contributed by atoms with van der Waals surface area (Å²) in [5.74, 6) is -0.938. The second-order valence-corrected chi connectivity index (χ2v) is 4.20. The van der Waals surface area contributed by atoms with Crippen molar-refractivity contribution in [2.45, 2.75) is 0 Å². The van der Waals surface area contributed by atoms with E-state index in [1.54, 1.807) is 0 Å². The average molecular weight is 296 g/mol. The Morgan fingerprint density at radius 1 is 1.45 bits per heavy atom. The third kappa shape index (κ3) is 2.64. The minimum Gasteiger partial charge on any atom is -0.507 e. The first kappa shape index (κ1) is 13.7. The van der Waals surface area contributed by atoms with Crippen LogP contribution in [0.25, 0.3) is 0 Å². The molecule has 20 heavy (non-hydrogen) atoms. The summed E-state index contributed by atoms with van der Waals surface area (Å²) >= 11 is 5.76. The Balaban J connectivity index is 2.29. The number of oxime groups is 1. The molecule has 1 aromatic carbocycles. The van der Waals surface area contributed by atoms with Crippen LogP contribution in [0, 0.1) is 0 Å². The van der Waals surface area contributed by atoms with Gasteiger partial charge < -0.3 is 21.4 Å². The highest BCUT2D eigenvalue weighted by Crippen LogP contribution is 2.22. The van der Waals surface area contributed by atoms with E-state index in [1.807, 2.05) is 0 Å². The van der Waals surface area contributed by atoms with Crippen LogP contribution in [0.2, 0.25) is 5.02 Å². The Kier molecular flexibility index (Phi) is 3.76. The van der Waals surface area contributed by atoms with Gasteiger partial charge in [-0.25, -0.2) is 0 Å². The fourth-order valence-corrected chi connectivity index (χ4v) is 1.67. The second kappa shape index (κ2) is 5.49. The van der Waals surface area contributed by atoms with Crippen molar-refractivity contribution in [2.24, 2.45) is 10.9 Å². The standard InChI is InChI=1S/C11H10ClN5O3/c12-5-1-2-8(18)6(3-5)11(19)15-10-7(4-14-16-10)9(13)17-20/h1-4,18,20H,(H2,13,17)(H2,14,15,16,19). The zero-order chi connectivity index (χ0) is 14.7. The smallest absolute Gasteiger partial charge is 0.260 e. The molecule has 0 unspecified atom stereocenters. The van der Waals surface area contributed by atoms with E-state index < -0.39 is 5.91 Å². The van der Waals surface area contributed by atoms with Crippen LogP contribution in [0.4, 0.5) is 5.82 Å². The number of aromatic nitrogens is 2. The summed E-state index contributed by atoms with van der Waals surface area (Å²) in [7, 11) is 0. The first-order valence-electron chi connectivity index (χ1n) is 5.34. The minimum absolute atomic E-state index is 0.0161. The molecule has 104 valence electrons. The van der Waals surface area contributed by atoms with Gasteiger partial charge in [0.25, 0.3) is 5.91 Å². The molecular formula is C11H10ClN5O3. The highest BCUT2D eigenvalue weighted by Gasteiger charge is 2.16. The molecular weight excluding hydrogens is 286 g/mol. The first-order valence-corrected chi connectivity index (χ1v) is 5.72. The van der Waals surface area contributed by atoms with Gasteiger partial charge in [-0.05, 0) is 18.2 Å². The van der Waals surface area contributed by atoms with Crippen molar-refractivity contribution in [3.05, 3.63) is 40.5 Å². The maximum Gasteiger partial charge on any atom is 0.260 e. The first-order chi connectivity index (χ1) is 9.52. The number of amidine groups is 1. The van der Waals surface area contributed by atoms with Gasteiger partial charge in [0.2, 0.25) is 0 Å². The van der Waals surface area contributed by atoms with E-state index in [0.29, 0.717) is 5.02 Å². The number of rotatable bonds is 3. The third-order valence-electron chi connectivity index (χ3n) is 2.46. The lowest BCUT2D eigenvalue weighted by Gasteiger charge is -2.07. The molecule has 0 saturated carbocycles. The number of anilines is 1. The van der Waals surface area contributed by atoms with Gasteiger partial charge in [-0.2, -0.15) is 5.10 Å².